The van der Waals surface area contributed by atoms with E-state index in [-0.39, 0.29) is 11.8 Å². The van der Waals surface area contributed by atoms with Crippen LogP contribution in [-0.4, -0.2) is 42.8 Å². The maximum Gasteiger partial charge on any atom is 0.266 e. The lowest BCUT2D eigenvalue weighted by molar-refractivity contribution is -0.118. The maximum atomic E-state index is 13.1. The fraction of sp³-hybridized carbons (Fsp3) is 0.364. The number of aromatic nitrogens is 1. The van der Waals surface area contributed by atoms with Gasteiger partial charge in [-0.15, -0.1) is 0 Å². The van der Waals surface area contributed by atoms with Gasteiger partial charge in [-0.2, -0.15) is 0 Å². The van der Waals surface area contributed by atoms with E-state index >= 15 is 0 Å². The molecule has 1 saturated carbocycles. The van der Waals surface area contributed by atoms with Crippen LogP contribution < -0.4 is 4.90 Å². The minimum atomic E-state index is -0.594. The maximum absolute atomic E-state index is 13.1. The highest BCUT2D eigenvalue weighted by molar-refractivity contribution is 6.28. The minimum absolute atomic E-state index is 0.323. The Kier molecular flexibility index (Phi) is 5.58. The van der Waals surface area contributed by atoms with Crippen molar-refractivity contribution >= 4 is 23.8 Å². The zero-order valence-corrected chi connectivity index (χ0v) is 15.7. The van der Waals surface area contributed by atoms with Crippen molar-refractivity contribution in [2.45, 2.75) is 25.2 Å². The van der Waals surface area contributed by atoms with Crippen molar-refractivity contribution in [1.82, 2.24) is 4.98 Å². The smallest absolute Gasteiger partial charge is 0.266 e. The summed E-state index contributed by atoms with van der Waals surface area (Å²) in [5.74, 6) is -0.175. The van der Waals surface area contributed by atoms with E-state index in [2.05, 4.69) is 9.98 Å². The van der Waals surface area contributed by atoms with Crippen LogP contribution >= 0.6 is 0 Å². The van der Waals surface area contributed by atoms with Crippen LogP contribution in [0.25, 0.3) is 0 Å². The number of aliphatic imine (C=N–C) groups is 1. The number of carbonyl (C=O) groups excluding carboxylic acids is 2. The van der Waals surface area contributed by atoms with Crippen LogP contribution in [0.3, 0.4) is 0 Å². The van der Waals surface area contributed by atoms with Crippen LogP contribution in [0.15, 0.2) is 53.7 Å². The number of fused-ring (bicyclic) bond motifs is 1. The van der Waals surface area contributed by atoms with Crippen molar-refractivity contribution in [1.29, 1.82) is 0 Å². The molecule has 1 aromatic heterocycles. The summed E-state index contributed by atoms with van der Waals surface area (Å²) in [7, 11) is 0. The van der Waals surface area contributed by atoms with Gasteiger partial charge in [-0.05, 0) is 48.9 Å². The zero-order valence-electron chi connectivity index (χ0n) is 15.7. The van der Waals surface area contributed by atoms with Crippen molar-refractivity contribution in [3.8, 4) is 0 Å². The van der Waals surface area contributed by atoms with Crippen molar-refractivity contribution in [3.05, 3.63) is 59.8 Å². The Bertz CT molecular complexity index is 878. The monoisotopic (exact) mass is 377 g/mol. The highest BCUT2D eigenvalue weighted by Gasteiger charge is 2.39. The molecular formula is C22H23N3O3. The summed E-state index contributed by atoms with van der Waals surface area (Å²) in [6.45, 7) is 2.12. The molecule has 0 radical (unpaired) electrons. The number of rotatable bonds is 8. The summed E-state index contributed by atoms with van der Waals surface area (Å²) in [5.41, 5.74) is 1.20. The van der Waals surface area contributed by atoms with Crippen molar-refractivity contribution in [3.63, 3.8) is 0 Å². The number of hydrogen-bond acceptors (Lipinski definition) is 5. The highest BCUT2D eigenvalue weighted by Crippen LogP contribution is 2.31. The molecule has 2 amide bonds. The fourth-order valence-corrected chi connectivity index (χ4v) is 3.27. The van der Waals surface area contributed by atoms with E-state index in [1.165, 1.54) is 12.8 Å². The lowest BCUT2D eigenvalue weighted by Crippen LogP contribution is -2.45. The molecule has 2 aromatic rings. The lowest BCUT2D eigenvalue weighted by Gasteiger charge is -2.30. The summed E-state index contributed by atoms with van der Waals surface area (Å²) in [6, 6.07) is 12.4. The average Bonchev–Trinajstić information content (AvgIpc) is 3.55. The van der Waals surface area contributed by atoms with E-state index in [4.69, 9.17) is 4.74 Å². The summed E-state index contributed by atoms with van der Waals surface area (Å²) >= 11 is 0. The van der Waals surface area contributed by atoms with Gasteiger partial charge in [0.05, 0.1) is 5.92 Å². The van der Waals surface area contributed by atoms with E-state index in [0.29, 0.717) is 30.1 Å². The fourth-order valence-electron chi connectivity index (χ4n) is 3.27. The van der Waals surface area contributed by atoms with Gasteiger partial charge >= 0.3 is 0 Å². The summed E-state index contributed by atoms with van der Waals surface area (Å²) < 4.78 is 5.61. The molecule has 28 heavy (non-hydrogen) atoms. The Morgan fingerprint density at radius 2 is 1.96 bits per heavy atom. The second-order valence-electron chi connectivity index (χ2n) is 7.16. The molecule has 2 heterocycles. The van der Waals surface area contributed by atoms with Crippen LogP contribution in [0, 0.1) is 5.92 Å². The van der Waals surface area contributed by atoms with E-state index in [0.717, 1.165) is 23.8 Å². The molecule has 1 aliphatic heterocycles. The molecule has 0 N–H and O–H groups in total. The third kappa shape index (κ3) is 4.02. The number of pyridine rings is 1. The Hall–Kier alpha value is -2.86. The first-order valence-electron chi connectivity index (χ1n) is 9.71. The zero-order chi connectivity index (χ0) is 19.3. The average molecular weight is 377 g/mol. The van der Waals surface area contributed by atoms with Crippen LogP contribution in [0.1, 0.15) is 41.1 Å². The van der Waals surface area contributed by atoms with E-state index < -0.39 is 5.92 Å². The second kappa shape index (κ2) is 8.44. The van der Waals surface area contributed by atoms with Crippen LogP contribution in [-0.2, 0) is 9.53 Å². The number of ether oxygens (including phenoxy) is 1. The molecule has 1 atom stereocenters. The Labute approximate surface area is 164 Å². The summed E-state index contributed by atoms with van der Waals surface area (Å²) in [4.78, 5) is 35.8. The molecule has 0 spiro atoms. The first kappa shape index (κ1) is 18.5. The number of benzene rings is 1. The van der Waals surface area contributed by atoms with Gasteiger partial charge < -0.3 is 4.74 Å². The van der Waals surface area contributed by atoms with Gasteiger partial charge in [-0.3, -0.25) is 14.6 Å². The molecule has 0 saturated heterocycles. The van der Waals surface area contributed by atoms with Gasteiger partial charge in [0.15, 0.2) is 0 Å². The lowest BCUT2D eigenvalue weighted by atomic mass is 9.89. The molecule has 2 aliphatic rings. The predicted molar refractivity (Wildman–Crippen MR) is 107 cm³/mol. The molecule has 6 heteroatoms. The highest BCUT2D eigenvalue weighted by atomic mass is 16.5. The van der Waals surface area contributed by atoms with Crippen molar-refractivity contribution in [2.24, 2.45) is 10.9 Å². The first-order valence-corrected chi connectivity index (χ1v) is 9.71. The van der Waals surface area contributed by atoms with Gasteiger partial charge in [0.2, 0.25) is 5.91 Å². The minimum Gasteiger partial charge on any atom is -0.381 e. The van der Waals surface area contributed by atoms with Gasteiger partial charge in [-0.1, -0.05) is 24.3 Å². The Balaban J connectivity index is 1.48. The Morgan fingerprint density at radius 3 is 2.75 bits per heavy atom. The van der Waals surface area contributed by atoms with E-state index in [1.54, 1.807) is 42.7 Å². The number of hydrogen-bond donors (Lipinski definition) is 0. The third-order valence-corrected chi connectivity index (χ3v) is 4.98. The van der Waals surface area contributed by atoms with Crippen LogP contribution in [0.2, 0.25) is 0 Å². The molecule has 1 aliphatic carbocycles. The first-order chi connectivity index (χ1) is 13.8. The van der Waals surface area contributed by atoms with Crippen LogP contribution in [0.4, 0.5) is 5.82 Å². The predicted octanol–water partition coefficient (Wildman–Crippen LogP) is 3.24. The molecule has 144 valence electrons. The molecular weight excluding hydrogens is 354 g/mol. The topological polar surface area (TPSA) is 71.9 Å². The molecule has 1 fully saturated rings. The largest absolute Gasteiger partial charge is 0.381 e. The number of nitrogens with zero attached hydrogens (tertiary/aromatic N) is 3. The normalized spacial score (nSPS) is 19.3. The van der Waals surface area contributed by atoms with Gasteiger partial charge in [-0.25, -0.2) is 9.88 Å². The summed E-state index contributed by atoms with van der Waals surface area (Å²) in [6.07, 6.45) is 6.61. The van der Waals surface area contributed by atoms with E-state index in [1.807, 2.05) is 12.1 Å². The second-order valence-corrected chi connectivity index (χ2v) is 7.16. The van der Waals surface area contributed by atoms with Gasteiger partial charge in [0.1, 0.15) is 5.82 Å². The van der Waals surface area contributed by atoms with Crippen LogP contribution in [0.5, 0.6) is 0 Å². The van der Waals surface area contributed by atoms with Crippen molar-refractivity contribution < 1.29 is 14.3 Å². The summed E-state index contributed by atoms with van der Waals surface area (Å²) in [5, 5.41) is 0. The molecule has 0 unspecified atom stereocenters. The van der Waals surface area contributed by atoms with Gasteiger partial charge in [0, 0.05) is 37.7 Å². The third-order valence-electron chi connectivity index (χ3n) is 4.98. The number of carbonyl (C=O) groups is 2. The number of anilines is 1. The molecule has 4 rings (SSSR count). The molecule has 1 aromatic carbocycles. The standard InChI is InChI=1S/C22H23N3O3/c26-21-18-7-2-1-6-17(18)19(14-23-11-5-13-28-15-16-9-10-16)22(27)25(21)20-8-3-4-12-24-20/h1-4,6-8,12,14,16,19H,5,9-11,13,15H2/t19-/m1/s1. The van der Waals surface area contributed by atoms with E-state index in [9.17, 15) is 9.59 Å². The Morgan fingerprint density at radius 1 is 1.14 bits per heavy atom. The molecule has 0 bridgehead atoms. The molecule has 6 nitrogen and oxygen atoms in total. The van der Waals surface area contributed by atoms with Gasteiger partial charge in [0.25, 0.3) is 5.91 Å². The SMILES string of the molecule is O=C1c2ccccc2[C@@H](C=NCCCOCC2CC2)C(=O)N1c1ccccn1. The van der Waals surface area contributed by atoms with Crippen molar-refractivity contribution in [2.75, 3.05) is 24.7 Å². The number of amides is 2. The number of imide groups is 1. The quantitative estimate of drug-likeness (QED) is 0.402.